The van der Waals surface area contributed by atoms with Gasteiger partial charge in [-0.15, -0.1) is 11.3 Å². The van der Waals surface area contributed by atoms with Gasteiger partial charge in [0.25, 0.3) is 0 Å². The van der Waals surface area contributed by atoms with Gasteiger partial charge >= 0.3 is 6.18 Å². The number of nitrogens with one attached hydrogen (secondary N) is 1. The van der Waals surface area contributed by atoms with Gasteiger partial charge in [0.2, 0.25) is 10.0 Å². The van der Waals surface area contributed by atoms with E-state index in [2.05, 4.69) is 77.4 Å². The fraction of sp³-hybridized carbons (Fsp3) is 0.531. The van der Waals surface area contributed by atoms with Gasteiger partial charge in [0.1, 0.15) is 44.4 Å². The number of halogens is 3. The number of rotatable bonds is 9. The molecule has 0 amide bonds. The van der Waals surface area contributed by atoms with Crippen LogP contribution in [0.4, 0.5) is 19.0 Å². The first-order chi connectivity index (χ1) is 23.0. The first-order valence-corrected chi connectivity index (χ1v) is 19.2. The maximum atomic E-state index is 13.0. The van der Waals surface area contributed by atoms with Crippen molar-refractivity contribution in [3.05, 3.63) is 52.3 Å². The summed E-state index contributed by atoms with van der Waals surface area (Å²) in [7, 11) is 1.07. The number of anilines is 1. The van der Waals surface area contributed by atoms with Crippen molar-refractivity contribution < 1.29 is 21.6 Å². The van der Waals surface area contributed by atoms with E-state index in [0.29, 0.717) is 47.9 Å². The molecule has 2 fully saturated rings. The third-order valence-corrected chi connectivity index (χ3v) is 12.8. The van der Waals surface area contributed by atoms with Crippen LogP contribution in [0.3, 0.4) is 0 Å². The second kappa shape index (κ2) is 13.5. The molecule has 5 heterocycles. The molecule has 0 spiro atoms. The van der Waals surface area contributed by atoms with Crippen molar-refractivity contribution >= 4 is 64.0 Å². The second-order valence-corrected chi connectivity index (χ2v) is 17.0. The number of sulfonamides is 1. The number of aromatic nitrogens is 3. The third kappa shape index (κ3) is 7.49. The number of thiophene rings is 1. The molecule has 6 rings (SSSR count). The Hall–Kier alpha value is -3.16. The number of piperidine rings is 1. The van der Waals surface area contributed by atoms with Crippen molar-refractivity contribution in [1.29, 1.82) is 5.26 Å². The summed E-state index contributed by atoms with van der Waals surface area (Å²) in [5.41, 5.74) is 3.96. The molecule has 0 radical (unpaired) electrons. The number of likely N-dealkylation sites (tertiary alicyclic amines) is 1. The van der Waals surface area contributed by atoms with Crippen LogP contribution in [-0.2, 0) is 28.3 Å². The Bertz CT molecular complexity index is 1990. The van der Waals surface area contributed by atoms with Gasteiger partial charge in [0.15, 0.2) is 0 Å². The van der Waals surface area contributed by atoms with Gasteiger partial charge in [0, 0.05) is 73.7 Å². The van der Waals surface area contributed by atoms with E-state index in [1.54, 1.807) is 6.07 Å². The van der Waals surface area contributed by atoms with Crippen molar-refractivity contribution in [3.8, 4) is 6.07 Å². The van der Waals surface area contributed by atoms with Crippen LogP contribution in [-0.4, -0.2) is 117 Å². The van der Waals surface area contributed by atoms with E-state index in [-0.39, 0.29) is 17.0 Å². The molecule has 1 unspecified atom stereocenters. The molecule has 2 aliphatic rings. The first-order valence-electron chi connectivity index (χ1n) is 16.6. The predicted octanol–water partition coefficient (Wildman–Crippen LogP) is 2.85. The number of piperazine rings is 1. The van der Waals surface area contributed by atoms with E-state index in [4.69, 9.17) is 0 Å². The first kappa shape index (κ1) is 35.7. The largest absolute Gasteiger partial charge is 0.393 e. The highest BCUT2D eigenvalue weighted by Crippen LogP contribution is 2.35. The number of alkyl halides is 3. The van der Waals surface area contributed by atoms with Gasteiger partial charge in [-0.05, 0) is 61.4 Å². The number of nitriles is 1. The highest BCUT2D eigenvalue weighted by Gasteiger charge is 2.37. The van der Waals surface area contributed by atoms with Crippen LogP contribution in [0.15, 0.2) is 30.6 Å². The van der Waals surface area contributed by atoms with E-state index < -0.39 is 28.0 Å². The van der Waals surface area contributed by atoms with Crippen LogP contribution in [0.2, 0.25) is 0 Å². The Morgan fingerprint density at radius 2 is 1.78 bits per heavy atom. The van der Waals surface area contributed by atoms with Crippen LogP contribution in [0, 0.1) is 18.3 Å². The summed E-state index contributed by atoms with van der Waals surface area (Å²) in [5.74, 6) is 0.584. The lowest BCUT2D eigenvalue weighted by atomic mass is 9.57. The Labute approximate surface area is 291 Å². The second-order valence-electron chi connectivity index (χ2n) is 13.9. The molecule has 2 saturated heterocycles. The zero-order valence-corrected chi connectivity index (χ0v) is 30.1. The van der Waals surface area contributed by atoms with E-state index in [1.165, 1.54) is 22.5 Å². The molecule has 0 saturated carbocycles. The van der Waals surface area contributed by atoms with E-state index >= 15 is 0 Å². The smallest absolute Gasteiger partial charge is 0.367 e. The fourth-order valence-electron chi connectivity index (χ4n) is 7.37. The lowest BCUT2D eigenvalue weighted by molar-refractivity contribution is -0.126. The number of fused-ring (bicyclic) bond motifs is 2. The highest BCUT2D eigenvalue weighted by atomic mass is 32.2. The van der Waals surface area contributed by atoms with Gasteiger partial charge in [-0.2, -0.15) is 22.7 Å². The van der Waals surface area contributed by atoms with Crippen LogP contribution >= 0.6 is 11.3 Å². The fourth-order valence-corrected chi connectivity index (χ4v) is 9.23. The Morgan fingerprint density at radius 3 is 2.41 bits per heavy atom. The molecule has 1 atom stereocenters. The third-order valence-electron chi connectivity index (χ3n) is 10.4. The SMILES string of the molecule is BC(B)(C(C)N1CCN(S(C)(=O)=O)CC1)n1c(C#N)cc2c(C)c(CN3CCC(Nc4ncnc5sc(CC(F)(F)F)cc45)CC3)ccc21. The summed E-state index contributed by atoms with van der Waals surface area (Å²) in [4.78, 5) is 14.1. The molecule has 4 aromatic rings. The van der Waals surface area contributed by atoms with Crippen LogP contribution in [0.5, 0.6) is 0 Å². The molecule has 10 nitrogen and oxygen atoms in total. The summed E-state index contributed by atoms with van der Waals surface area (Å²) in [6.07, 6.45) is -0.845. The molecule has 2 aliphatic heterocycles. The summed E-state index contributed by atoms with van der Waals surface area (Å²) in [6, 6.07) is 10.5. The quantitative estimate of drug-likeness (QED) is 0.264. The number of hydrogen-bond donors (Lipinski definition) is 1. The molecular weight excluding hydrogens is 671 g/mol. The van der Waals surface area contributed by atoms with Crippen molar-refractivity contribution in [1.82, 2.24) is 28.6 Å². The highest BCUT2D eigenvalue weighted by molar-refractivity contribution is 7.88. The van der Waals surface area contributed by atoms with Crippen molar-refractivity contribution in [2.24, 2.45) is 0 Å². The van der Waals surface area contributed by atoms with Gasteiger partial charge < -0.3 is 9.88 Å². The van der Waals surface area contributed by atoms with Gasteiger partial charge in [-0.25, -0.2) is 18.4 Å². The zero-order valence-electron chi connectivity index (χ0n) is 28.5. The monoisotopic (exact) mass is 712 g/mol. The summed E-state index contributed by atoms with van der Waals surface area (Å²) < 4.78 is 66.7. The van der Waals surface area contributed by atoms with Crippen molar-refractivity contribution in [3.63, 3.8) is 0 Å². The minimum Gasteiger partial charge on any atom is -0.367 e. The molecule has 17 heteroatoms. The molecule has 260 valence electrons. The summed E-state index contributed by atoms with van der Waals surface area (Å²) >= 11 is 1.06. The van der Waals surface area contributed by atoms with E-state index in [9.17, 15) is 26.9 Å². The molecule has 1 N–H and O–H groups in total. The molecule has 0 bridgehead atoms. The average molecular weight is 712 g/mol. The zero-order chi connectivity index (χ0) is 35.3. The Balaban J connectivity index is 1.13. The number of aryl methyl sites for hydroxylation is 1. The number of hydrogen-bond acceptors (Lipinski definition) is 9. The van der Waals surface area contributed by atoms with Gasteiger partial charge in [-0.3, -0.25) is 9.80 Å². The number of nitrogens with zero attached hydrogens (tertiary/aromatic N) is 7. The van der Waals surface area contributed by atoms with Crippen LogP contribution < -0.4 is 5.32 Å². The van der Waals surface area contributed by atoms with Crippen LogP contribution in [0.25, 0.3) is 21.1 Å². The van der Waals surface area contributed by atoms with Crippen molar-refractivity contribution in [2.45, 2.75) is 63.3 Å². The van der Waals surface area contributed by atoms with Gasteiger partial charge in [0.05, 0.1) is 18.1 Å². The topological polar surface area (TPSA) is 110 Å². The lowest BCUT2D eigenvalue weighted by Crippen LogP contribution is -2.59. The molecule has 0 aliphatic carbocycles. The summed E-state index contributed by atoms with van der Waals surface area (Å²) in [5, 5.41) is 15.0. The van der Waals surface area contributed by atoms with Crippen molar-refractivity contribution in [2.75, 3.05) is 50.8 Å². The van der Waals surface area contributed by atoms with E-state index in [1.807, 2.05) is 6.07 Å². The lowest BCUT2D eigenvalue weighted by Gasteiger charge is -2.45. The minimum absolute atomic E-state index is 0.0481. The maximum absolute atomic E-state index is 13.0. The van der Waals surface area contributed by atoms with Gasteiger partial charge in [-0.1, -0.05) is 6.07 Å². The maximum Gasteiger partial charge on any atom is 0.393 e. The molecule has 1 aromatic carbocycles. The predicted molar refractivity (Wildman–Crippen MR) is 193 cm³/mol. The Morgan fingerprint density at radius 1 is 1.08 bits per heavy atom. The minimum atomic E-state index is -4.27. The average Bonchev–Trinajstić information content (AvgIpc) is 3.64. The summed E-state index contributed by atoms with van der Waals surface area (Å²) in [6.45, 7) is 8.93. The van der Waals surface area contributed by atoms with Crippen LogP contribution in [0.1, 0.15) is 41.5 Å². The molecule has 3 aromatic heterocycles. The molecular formula is C32H41B2F3N8O2S2. The Kier molecular flexibility index (Phi) is 9.84. The molecule has 49 heavy (non-hydrogen) atoms. The standard InChI is InChI=1S/C32H41B2F3N8O2S2/c1-20-22(18-42-8-6-23(7-9-42)41-29-27-15-25(16-31(35,36)37)48-30(27)40-19-39-29)4-5-28-26(20)14-24(17-38)45(28)32(33,34)21(2)43-10-12-44(13-11-43)49(3,46)47/h4-5,14-15,19,21,23H,6-13,16,18,33-34H2,1-3H3,(H,39,40,41). The normalized spacial score (nSPS) is 18.6. The number of benzene rings is 1. The van der Waals surface area contributed by atoms with E-state index in [0.717, 1.165) is 60.3 Å².